The molecule has 18 heavy (non-hydrogen) atoms. The van der Waals surface area contributed by atoms with Gasteiger partial charge in [-0.15, -0.1) is 0 Å². The van der Waals surface area contributed by atoms with Crippen LogP contribution in [-0.4, -0.2) is 47.7 Å². The van der Waals surface area contributed by atoms with Crippen molar-refractivity contribution in [3.05, 3.63) is 0 Å². The maximum absolute atomic E-state index is 12.2. The van der Waals surface area contributed by atoms with E-state index in [2.05, 4.69) is 0 Å². The topological polar surface area (TPSA) is 66.8 Å². The highest BCUT2D eigenvalue weighted by Crippen LogP contribution is 2.36. The molecule has 102 valence electrons. The zero-order valence-corrected chi connectivity index (χ0v) is 10.9. The van der Waals surface area contributed by atoms with Crippen molar-refractivity contribution < 1.29 is 19.4 Å². The average molecular weight is 255 g/mol. The monoisotopic (exact) mass is 255 g/mol. The van der Waals surface area contributed by atoms with Crippen LogP contribution in [0.2, 0.25) is 0 Å². The first-order valence-corrected chi connectivity index (χ1v) is 6.73. The Hall–Kier alpha value is -1.10. The summed E-state index contributed by atoms with van der Waals surface area (Å²) in [5.41, 5.74) is -0.733. The molecule has 0 aromatic heterocycles. The molecule has 0 saturated carbocycles. The maximum Gasteiger partial charge on any atom is 0.311 e. The lowest BCUT2D eigenvalue weighted by atomic mass is 9.83. The van der Waals surface area contributed by atoms with E-state index >= 15 is 0 Å². The van der Waals surface area contributed by atoms with Crippen molar-refractivity contribution in [1.29, 1.82) is 0 Å². The summed E-state index contributed by atoms with van der Waals surface area (Å²) in [6.45, 7) is 3.51. The van der Waals surface area contributed by atoms with Crippen LogP contribution in [0.5, 0.6) is 0 Å². The number of carboxylic acids is 1. The molecular weight excluding hydrogens is 234 g/mol. The van der Waals surface area contributed by atoms with Crippen LogP contribution in [0.4, 0.5) is 0 Å². The molecule has 2 aliphatic rings. The largest absolute Gasteiger partial charge is 0.481 e. The molecule has 0 radical (unpaired) electrons. The van der Waals surface area contributed by atoms with Gasteiger partial charge in [0.05, 0.1) is 5.41 Å². The van der Waals surface area contributed by atoms with Gasteiger partial charge in [0.2, 0.25) is 0 Å². The molecule has 0 aromatic carbocycles. The van der Waals surface area contributed by atoms with Crippen LogP contribution < -0.4 is 0 Å². The molecule has 5 heteroatoms. The van der Waals surface area contributed by atoms with Crippen molar-refractivity contribution in [2.75, 3.05) is 19.7 Å². The van der Waals surface area contributed by atoms with E-state index in [0.717, 1.165) is 19.3 Å². The van der Waals surface area contributed by atoms with E-state index in [1.165, 1.54) is 0 Å². The summed E-state index contributed by atoms with van der Waals surface area (Å²) in [5, 5.41) is 9.39. The molecule has 2 rings (SSSR count). The lowest BCUT2D eigenvalue weighted by molar-refractivity contribution is -0.149. The summed E-state index contributed by atoms with van der Waals surface area (Å²) in [7, 11) is 0. The van der Waals surface area contributed by atoms with E-state index in [1.54, 1.807) is 4.90 Å². The van der Waals surface area contributed by atoms with Gasteiger partial charge in [-0.1, -0.05) is 13.3 Å². The second-order valence-electron chi connectivity index (χ2n) is 5.35. The Labute approximate surface area is 107 Å². The van der Waals surface area contributed by atoms with E-state index in [4.69, 9.17) is 4.74 Å². The number of nitrogens with zero attached hydrogens (tertiary/aromatic N) is 1. The number of hydrogen-bond acceptors (Lipinski definition) is 3. The number of rotatable bonds is 4. The molecule has 2 fully saturated rings. The summed E-state index contributed by atoms with van der Waals surface area (Å²) >= 11 is 0. The molecule has 0 spiro atoms. The van der Waals surface area contributed by atoms with Gasteiger partial charge in [0.25, 0.3) is 5.91 Å². The Morgan fingerprint density at radius 3 is 2.83 bits per heavy atom. The van der Waals surface area contributed by atoms with Gasteiger partial charge < -0.3 is 14.7 Å². The fourth-order valence-corrected chi connectivity index (χ4v) is 3.00. The Kier molecular flexibility index (Phi) is 3.90. The summed E-state index contributed by atoms with van der Waals surface area (Å²) in [6.07, 6.45) is 3.38. The van der Waals surface area contributed by atoms with Gasteiger partial charge in [0, 0.05) is 19.7 Å². The minimum Gasteiger partial charge on any atom is -0.481 e. The number of aliphatic carboxylic acids is 1. The predicted molar refractivity (Wildman–Crippen MR) is 65.1 cm³/mol. The van der Waals surface area contributed by atoms with Crippen LogP contribution in [0, 0.1) is 5.41 Å². The number of carbonyl (C=O) groups is 2. The number of likely N-dealkylation sites (tertiary alicyclic amines) is 1. The van der Waals surface area contributed by atoms with E-state index in [0.29, 0.717) is 32.5 Å². The van der Waals surface area contributed by atoms with Gasteiger partial charge in [-0.05, 0) is 25.7 Å². The first kappa shape index (κ1) is 13.3. The van der Waals surface area contributed by atoms with Gasteiger partial charge in [-0.2, -0.15) is 0 Å². The predicted octanol–water partition coefficient (Wildman–Crippen LogP) is 1.27. The molecule has 5 nitrogen and oxygen atoms in total. The summed E-state index contributed by atoms with van der Waals surface area (Å²) < 4.78 is 5.38. The van der Waals surface area contributed by atoms with Crippen molar-refractivity contribution in [1.82, 2.24) is 4.90 Å². The smallest absolute Gasteiger partial charge is 0.311 e. The summed E-state index contributed by atoms with van der Waals surface area (Å²) in [5.74, 6) is -0.793. The zero-order valence-electron chi connectivity index (χ0n) is 10.9. The van der Waals surface area contributed by atoms with E-state index < -0.39 is 11.4 Å². The number of hydrogen-bond donors (Lipinski definition) is 1. The van der Waals surface area contributed by atoms with E-state index in [1.807, 2.05) is 6.92 Å². The first-order chi connectivity index (χ1) is 8.59. The van der Waals surface area contributed by atoms with Crippen molar-refractivity contribution >= 4 is 11.9 Å². The third kappa shape index (κ3) is 2.36. The Morgan fingerprint density at radius 1 is 1.50 bits per heavy atom. The second kappa shape index (κ2) is 5.26. The molecule has 1 amide bonds. The number of ether oxygens (including phenoxy) is 1. The van der Waals surface area contributed by atoms with Crippen molar-refractivity contribution in [3.63, 3.8) is 0 Å². The number of amides is 1. The number of carboxylic acid groups (broad SMARTS) is 1. The van der Waals surface area contributed by atoms with E-state index in [-0.39, 0.29) is 12.0 Å². The molecule has 0 bridgehead atoms. The van der Waals surface area contributed by atoms with Gasteiger partial charge in [-0.3, -0.25) is 9.59 Å². The fraction of sp³-hybridized carbons (Fsp3) is 0.846. The van der Waals surface area contributed by atoms with E-state index in [9.17, 15) is 14.7 Å². The van der Waals surface area contributed by atoms with Crippen LogP contribution in [0.1, 0.15) is 39.0 Å². The van der Waals surface area contributed by atoms with Crippen LogP contribution >= 0.6 is 0 Å². The van der Waals surface area contributed by atoms with Crippen LogP contribution in [0.25, 0.3) is 0 Å². The summed E-state index contributed by atoms with van der Waals surface area (Å²) in [6, 6.07) is 0. The number of carbonyl (C=O) groups excluding carboxylic acids is 1. The molecular formula is C13H21NO4. The highest BCUT2D eigenvalue weighted by molar-refractivity contribution is 5.83. The molecule has 2 saturated heterocycles. The standard InChI is InChI=1S/C13H21NO4/c1-2-5-13(12(16)17)6-7-14(9-13)11(15)10-4-3-8-18-10/h10H,2-9H2,1H3,(H,16,17)/t10-,13?/m1/s1. The SMILES string of the molecule is CCCC1(C(=O)O)CCN(C(=O)[C@H]2CCCO2)C1. The Balaban J connectivity index is 2.01. The highest BCUT2D eigenvalue weighted by atomic mass is 16.5. The van der Waals surface area contributed by atoms with Crippen LogP contribution in [0.15, 0.2) is 0 Å². The highest BCUT2D eigenvalue weighted by Gasteiger charge is 2.46. The quantitative estimate of drug-likeness (QED) is 0.821. The van der Waals surface area contributed by atoms with Gasteiger partial charge in [0.1, 0.15) is 6.10 Å². The molecule has 0 aliphatic carbocycles. The maximum atomic E-state index is 12.2. The lowest BCUT2D eigenvalue weighted by Gasteiger charge is -2.25. The van der Waals surface area contributed by atoms with Crippen molar-refractivity contribution in [3.8, 4) is 0 Å². The van der Waals surface area contributed by atoms with Gasteiger partial charge >= 0.3 is 5.97 Å². The molecule has 1 unspecified atom stereocenters. The Bertz CT molecular complexity index is 338. The molecule has 2 atom stereocenters. The van der Waals surface area contributed by atoms with Crippen molar-refractivity contribution in [2.45, 2.75) is 45.1 Å². The minimum atomic E-state index is -0.771. The first-order valence-electron chi connectivity index (χ1n) is 6.73. The molecule has 1 N–H and O–H groups in total. The fourth-order valence-electron chi connectivity index (χ4n) is 3.00. The molecule has 0 aromatic rings. The lowest BCUT2D eigenvalue weighted by Crippen LogP contribution is -2.41. The Morgan fingerprint density at radius 2 is 2.28 bits per heavy atom. The summed E-state index contributed by atoms with van der Waals surface area (Å²) in [4.78, 5) is 25.3. The minimum absolute atomic E-state index is 0.0215. The third-order valence-corrected chi connectivity index (χ3v) is 4.05. The van der Waals surface area contributed by atoms with Crippen LogP contribution in [0.3, 0.4) is 0 Å². The van der Waals surface area contributed by atoms with Crippen LogP contribution in [-0.2, 0) is 14.3 Å². The normalized spacial score (nSPS) is 31.8. The molecule has 2 heterocycles. The molecule has 2 aliphatic heterocycles. The van der Waals surface area contributed by atoms with Gasteiger partial charge in [0.15, 0.2) is 0 Å². The third-order valence-electron chi connectivity index (χ3n) is 4.05. The van der Waals surface area contributed by atoms with Crippen molar-refractivity contribution in [2.24, 2.45) is 5.41 Å². The second-order valence-corrected chi connectivity index (χ2v) is 5.35. The zero-order chi connectivity index (χ0) is 13.2. The average Bonchev–Trinajstić information content (AvgIpc) is 2.98. The van der Waals surface area contributed by atoms with Gasteiger partial charge in [-0.25, -0.2) is 0 Å².